The molecule has 6 heteroatoms. The molecule has 1 fully saturated rings. The topological polar surface area (TPSA) is 58.4 Å². The first-order valence-electron chi connectivity index (χ1n) is 9.03. The highest BCUT2D eigenvalue weighted by Crippen LogP contribution is 2.27. The molecular formula is C21H20ClN3O2. The Morgan fingerprint density at radius 1 is 1.26 bits per heavy atom. The summed E-state index contributed by atoms with van der Waals surface area (Å²) in [7, 11) is 0. The Bertz CT molecular complexity index is 932. The predicted molar refractivity (Wildman–Crippen MR) is 108 cm³/mol. The van der Waals surface area contributed by atoms with Gasteiger partial charge in [-0.3, -0.25) is 4.79 Å². The molecule has 1 saturated heterocycles. The highest BCUT2D eigenvalue weighted by atomic mass is 35.5. The average molecular weight is 382 g/mol. The van der Waals surface area contributed by atoms with Crippen molar-refractivity contribution in [1.29, 1.82) is 0 Å². The van der Waals surface area contributed by atoms with E-state index in [1.54, 1.807) is 24.3 Å². The lowest BCUT2D eigenvalue weighted by Crippen LogP contribution is -2.39. The molecule has 1 atom stereocenters. The summed E-state index contributed by atoms with van der Waals surface area (Å²) in [6, 6.07) is 15.9. The van der Waals surface area contributed by atoms with Gasteiger partial charge in [-0.05, 0) is 48.7 Å². The molecule has 4 rings (SSSR count). The van der Waals surface area contributed by atoms with E-state index >= 15 is 0 Å². The second-order valence-corrected chi connectivity index (χ2v) is 7.02. The van der Waals surface area contributed by atoms with Crippen LogP contribution in [0.25, 0.3) is 17.2 Å². The second-order valence-electron chi connectivity index (χ2n) is 6.58. The molecule has 1 N–H and O–H groups in total. The fraction of sp³-hybridized carbons (Fsp3) is 0.238. The van der Waals surface area contributed by atoms with Gasteiger partial charge in [0, 0.05) is 24.2 Å². The number of carbonyl (C=O) groups is 1. The molecule has 1 aliphatic rings. The summed E-state index contributed by atoms with van der Waals surface area (Å²) in [5.74, 6) is -0.116. The van der Waals surface area contributed by atoms with E-state index in [9.17, 15) is 4.79 Å². The van der Waals surface area contributed by atoms with Crippen LogP contribution in [0.3, 0.4) is 0 Å². The zero-order chi connectivity index (χ0) is 18.6. The number of hydrogen-bond donors (Lipinski definition) is 1. The van der Waals surface area contributed by atoms with E-state index in [2.05, 4.69) is 15.2 Å². The number of nitrogens with zero attached hydrogens (tertiary/aromatic N) is 2. The van der Waals surface area contributed by atoms with Crippen LogP contribution in [-0.2, 0) is 4.79 Å². The van der Waals surface area contributed by atoms with Crippen LogP contribution in [0.1, 0.15) is 18.4 Å². The molecule has 0 radical (unpaired) electrons. The molecule has 5 nitrogen and oxygen atoms in total. The predicted octanol–water partition coefficient (Wildman–Crippen LogP) is 4.28. The van der Waals surface area contributed by atoms with Gasteiger partial charge in [0.1, 0.15) is 5.52 Å². The third-order valence-electron chi connectivity index (χ3n) is 4.71. The molecule has 1 aliphatic heterocycles. The summed E-state index contributed by atoms with van der Waals surface area (Å²) in [5.41, 5.74) is 2.57. The maximum absolute atomic E-state index is 12.1. The Morgan fingerprint density at radius 3 is 2.89 bits per heavy atom. The number of halogens is 1. The Balaban J connectivity index is 1.36. The van der Waals surface area contributed by atoms with Crippen molar-refractivity contribution >= 4 is 40.7 Å². The molecule has 2 aromatic carbocycles. The first-order chi connectivity index (χ1) is 13.2. The lowest BCUT2D eigenvalue weighted by atomic mass is 10.2. The summed E-state index contributed by atoms with van der Waals surface area (Å²) >= 11 is 5.87. The van der Waals surface area contributed by atoms with Gasteiger partial charge in [0.2, 0.25) is 5.91 Å². The fourth-order valence-electron chi connectivity index (χ4n) is 3.31. The molecule has 138 valence electrons. The van der Waals surface area contributed by atoms with Gasteiger partial charge in [0.15, 0.2) is 5.58 Å². The number of aromatic nitrogens is 1. The van der Waals surface area contributed by atoms with Gasteiger partial charge in [-0.25, -0.2) is 0 Å². The van der Waals surface area contributed by atoms with Crippen molar-refractivity contribution < 1.29 is 9.21 Å². The maximum atomic E-state index is 12.1. The second kappa shape index (κ2) is 7.84. The molecule has 27 heavy (non-hydrogen) atoms. The van der Waals surface area contributed by atoms with Crippen LogP contribution in [0.2, 0.25) is 5.02 Å². The van der Waals surface area contributed by atoms with Crippen LogP contribution >= 0.6 is 11.6 Å². The smallest absolute Gasteiger partial charge is 0.298 e. The van der Waals surface area contributed by atoms with Gasteiger partial charge in [0.25, 0.3) is 6.01 Å². The molecule has 3 aromatic rings. The number of para-hydroxylation sites is 2. The van der Waals surface area contributed by atoms with Crippen molar-refractivity contribution in [3.63, 3.8) is 0 Å². The van der Waals surface area contributed by atoms with Crippen LogP contribution in [-0.4, -0.2) is 30.0 Å². The summed E-state index contributed by atoms with van der Waals surface area (Å²) in [6.07, 6.45) is 5.38. The van der Waals surface area contributed by atoms with Crippen molar-refractivity contribution in [2.24, 2.45) is 0 Å². The zero-order valence-electron chi connectivity index (χ0n) is 14.8. The summed E-state index contributed by atoms with van der Waals surface area (Å²) < 4.78 is 5.88. The van der Waals surface area contributed by atoms with E-state index in [-0.39, 0.29) is 11.9 Å². The number of anilines is 1. The van der Waals surface area contributed by atoms with Gasteiger partial charge < -0.3 is 14.6 Å². The minimum atomic E-state index is -0.116. The Labute approximate surface area is 162 Å². The number of oxazole rings is 1. The summed E-state index contributed by atoms with van der Waals surface area (Å²) in [5, 5.41) is 3.65. The largest absolute Gasteiger partial charge is 0.423 e. The molecular weight excluding hydrogens is 362 g/mol. The van der Waals surface area contributed by atoms with Crippen LogP contribution in [0.5, 0.6) is 0 Å². The van der Waals surface area contributed by atoms with Crippen molar-refractivity contribution in [3.8, 4) is 0 Å². The third-order valence-corrected chi connectivity index (χ3v) is 4.97. The van der Waals surface area contributed by atoms with Crippen LogP contribution < -0.4 is 10.2 Å². The molecule has 0 spiro atoms. The first kappa shape index (κ1) is 17.6. The van der Waals surface area contributed by atoms with E-state index in [4.69, 9.17) is 16.0 Å². The Morgan fingerprint density at radius 2 is 2.07 bits per heavy atom. The highest BCUT2D eigenvalue weighted by Gasteiger charge is 2.28. The van der Waals surface area contributed by atoms with Crippen molar-refractivity contribution in [3.05, 3.63) is 65.2 Å². The van der Waals surface area contributed by atoms with E-state index in [0.717, 1.165) is 36.0 Å². The van der Waals surface area contributed by atoms with Crippen molar-refractivity contribution in [2.75, 3.05) is 18.0 Å². The van der Waals surface area contributed by atoms with Gasteiger partial charge in [0.05, 0.1) is 6.04 Å². The highest BCUT2D eigenvalue weighted by molar-refractivity contribution is 6.30. The number of fused-ring (bicyclic) bond motifs is 1. The standard InChI is InChI=1S/C21H20ClN3O2/c22-16-10-7-15(8-11-16)9-12-20(26)23-14-17-4-3-13-25(17)21-24-18-5-1-2-6-19(18)27-21/h1-2,5-12,17H,3-4,13-14H2,(H,23,26)/b12-9+. The van der Waals surface area contributed by atoms with Crippen molar-refractivity contribution in [1.82, 2.24) is 10.3 Å². The normalized spacial score (nSPS) is 17.1. The van der Waals surface area contributed by atoms with E-state index in [1.807, 2.05) is 36.4 Å². The average Bonchev–Trinajstić information content (AvgIpc) is 3.32. The molecule has 0 saturated carbocycles. The number of carbonyl (C=O) groups excluding carboxylic acids is 1. The van der Waals surface area contributed by atoms with Gasteiger partial charge in [-0.1, -0.05) is 35.9 Å². The van der Waals surface area contributed by atoms with Crippen LogP contribution in [0, 0.1) is 0 Å². The van der Waals surface area contributed by atoms with E-state index < -0.39 is 0 Å². The number of rotatable bonds is 5. The van der Waals surface area contributed by atoms with Gasteiger partial charge in [-0.2, -0.15) is 4.98 Å². The minimum Gasteiger partial charge on any atom is -0.423 e. The van der Waals surface area contributed by atoms with Crippen LogP contribution in [0.4, 0.5) is 6.01 Å². The molecule has 1 unspecified atom stereocenters. The SMILES string of the molecule is O=C(/C=C/c1ccc(Cl)cc1)NCC1CCCN1c1nc2ccccc2o1. The summed E-state index contributed by atoms with van der Waals surface area (Å²) in [4.78, 5) is 18.9. The fourth-order valence-corrected chi connectivity index (χ4v) is 3.43. The number of hydrogen-bond acceptors (Lipinski definition) is 4. The first-order valence-corrected chi connectivity index (χ1v) is 9.40. The van der Waals surface area contributed by atoms with E-state index in [0.29, 0.717) is 17.6 Å². The Hall–Kier alpha value is -2.79. The van der Waals surface area contributed by atoms with Gasteiger partial charge in [-0.15, -0.1) is 0 Å². The zero-order valence-corrected chi connectivity index (χ0v) is 15.5. The lowest BCUT2D eigenvalue weighted by molar-refractivity contribution is -0.116. The quantitative estimate of drug-likeness (QED) is 0.670. The molecule has 1 amide bonds. The minimum absolute atomic E-state index is 0.116. The molecule has 0 bridgehead atoms. The molecule has 0 aliphatic carbocycles. The lowest BCUT2D eigenvalue weighted by Gasteiger charge is -2.22. The van der Waals surface area contributed by atoms with Crippen LogP contribution in [0.15, 0.2) is 59.0 Å². The third kappa shape index (κ3) is 4.14. The van der Waals surface area contributed by atoms with Gasteiger partial charge >= 0.3 is 0 Å². The Kier molecular flexibility index (Phi) is 5.12. The molecule has 2 heterocycles. The maximum Gasteiger partial charge on any atom is 0.298 e. The van der Waals surface area contributed by atoms with E-state index in [1.165, 1.54) is 0 Å². The number of benzene rings is 2. The molecule has 1 aromatic heterocycles. The van der Waals surface area contributed by atoms with Crippen molar-refractivity contribution in [2.45, 2.75) is 18.9 Å². The number of nitrogens with one attached hydrogen (secondary N) is 1. The number of amides is 1. The monoisotopic (exact) mass is 381 g/mol. The summed E-state index contributed by atoms with van der Waals surface area (Å²) in [6.45, 7) is 1.44.